The van der Waals surface area contributed by atoms with Crippen molar-refractivity contribution in [3.05, 3.63) is 34.3 Å². The second kappa shape index (κ2) is 3.97. The van der Waals surface area contributed by atoms with Gasteiger partial charge in [-0.05, 0) is 31.4 Å². The lowest BCUT2D eigenvalue weighted by Crippen LogP contribution is -2.04. The Kier molecular flexibility index (Phi) is 2.83. The van der Waals surface area contributed by atoms with Gasteiger partial charge < -0.3 is 0 Å². The van der Waals surface area contributed by atoms with E-state index < -0.39 is 0 Å². The summed E-state index contributed by atoms with van der Waals surface area (Å²) in [7, 11) is 0. The summed E-state index contributed by atoms with van der Waals surface area (Å²) < 4.78 is 0. The number of hydrogen-bond acceptors (Lipinski definition) is 1. The third-order valence-corrected chi connectivity index (χ3v) is 3.50. The zero-order valence-corrected chi connectivity index (χ0v) is 9.84. The molecule has 1 saturated carbocycles. The fourth-order valence-corrected chi connectivity index (χ4v) is 2.26. The molecule has 1 fully saturated rings. The molecular formula is C13H15ClO. The molecule has 15 heavy (non-hydrogen) atoms. The van der Waals surface area contributed by atoms with Crippen LogP contribution in [0.4, 0.5) is 0 Å². The zero-order valence-electron chi connectivity index (χ0n) is 9.09. The van der Waals surface area contributed by atoms with Crippen LogP contribution < -0.4 is 0 Å². The Balaban J connectivity index is 2.22. The van der Waals surface area contributed by atoms with Gasteiger partial charge in [0.2, 0.25) is 0 Å². The van der Waals surface area contributed by atoms with Crippen LogP contribution in [-0.2, 0) is 0 Å². The monoisotopic (exact) mass is 222 g/mol. The number of aryl methyl sites for hydroxylation is 1. The molecule has 0 amide bonds. The van der Waals surface area contributed by atoms with Crippen LogP contribution >= 0.6 is 11.6 Å². The largest absolute Gasteiger partial charge is 0.294 e. The van der Waals surface area contributed by atoms with E-state index in [-0.39, 0.29) is 11.7 Å². The Hall–Kier alpha value is -0.820. The van der Waals surface area contributed by atoms with E-state index in [2.05, 4.69) is 6.92 Å². The first-order valence-electron chi connectivity index (χ1n) is 5.44. The minimum Gasteiger partial charge on any atom is -0.294 e. The third-order valence-electron chi connectivity index (χ3n) is 3.17. The highest BCUT2D eigenvalue weighted by Crippen LogP contribution is 2.44. The molecular weight excluding hydrogens is 208 g/mol. The summed E-state index contributed by atoms with van der Waals surface area (Å²) in [5, 5.41) is 0.590. The molecule has 2 rings (SSSR count). The van der Waals surface area contributed by atoms with Gasteiger partial charge in [0.25, 0.3) is 0 Å². The summed E-state index contributed by atoms with van der Waals surface area (Å²) in [6.45, 7) is 4.12. The predicted molar refractivity (Wildman–Crippen MR) is 62.4 cm³/mol. The molecule has 80 valence electrons. The highest BCUT2D eigenvalue weighted by molar-refractivity contribution is 6.34. The van der Waals surface area contributed by atoms with Gasteiger partial charge in [-0.25, -0.2) is 0 Å². The van der Waals surface area contributed by atoms with Gasteiger partial charge in [-0.15, -0.1) is 0 Å². The molecule has 1 nitrogen and oxygen atoms in total. The van der Waals surface area contributed by atoms with Crippen molar-refractivity contribution in [2.45, 2.75) is 26.7 Å². The number of carbonyl (C=O) groups excluding carboxylic acids is 1. The maximum absolute atomic E-state index is 12.1. The SMILES string of the molecule is CCC1CC1C(=O)c1cc(C)ccc1Cl. The lowest BCUT2D eigenvalue weighted by atomic mass is 10.0. The standard InChI is InChI=1S/C13H15ClO/c1-3-9-7-10(9)13(15)11-6-8(2)4-5-12(11)14/h4-6,9-10H,3,7H2,1-2H3. The van der Waals surface area contributed by atoms with E-state index in [1.165, 1.54) is 0 Å². The summed E-state index contributed by atoms with van der Waals surface area (Å²) in [5.41, 5.74) is 1.80. The number of halogens is 1. The van der Waals surface area contributed by atoms with Crippen LogP contribution in [0.3, 0.4) is 0 Å². The van der Waals surface area contributed by atoms with Crippen molar-refractivity contribution in [2.24, 2.45) is 11.8 Å². The number of hydrogen-bond donors (Lipinski definition) is 0. The number of carbonyl (C=O) groups is 1. The lowest BCUT2D eigenvalue weighted by Gasteiger charge is -2.04. The average molecular weight is 223 g/mol. The van der Waals surface area contributed by atoms with Crippen LogP contribution in [0.5, 0.6) is 0 Å². The maximum Gasteiger partial charge on any atom is 0.167 e. The van der Waals surface area contributed by atoms with Crippen molar-refractivity contribution in [3.8, 4) is 0 Å². The van der Waals surface area contributed by atoms with Crippen molar-refractivity contribution in [2.75, 3.05) is 0 Å². The fraction of sp³-hybridized carbons (Fsp3) is 0.462. The van der Waals surface area contributed by atoms with Crippen LogP contribution in [0.2, 0.25) is 5.02 Å². The topological polar surface area (TPSA) is 17.1 Å². The van der Waals surface area contributed by atoms with Gasteiger partial charge in [0, 0.05) is 11.5 Å². The zero-order chi connectivity index (χ0) is 11.0. The van der Waals surface area contributed by atoms with Gasteiger partial charge in [0.1, 0.15) is 0 Å². The molecule has 0 spiro atoms. The normalized spacial score (nSPS) is 23.9. The molecule has 2 unspecified atom stereocenters. The Morgan fingerprint density at radius 1 is 1.53 bits per heavy atom. The third kappa shape index (κ3) is 2.07. The van der Waals surface area contributed by atoms with E-state index in [1.807, 2.05) is 25.1 Å². The molecule has 2 heteroatoms. The highest BCUT2D eigenvalue weighted by atomic mass is 35.5. The van der Waals surface area contributed by atoms with E-state index in [0.29, 0.717) is 16.5 Å². The van der Waals surface area contributed by atoms with E-state index in [4.69, 9.17) is 11.6 Å². The minimum absolute atomic E-state index is 0.231. The summed E-state index contributed by atoms with van der Waals surface area (Å²) in [4.78, 5) is 12.1. The summed E-state index contributed by atoms with van der Waals surface area (Å²) in [6.07, 6.45) is 2.14. The van der Waals surface area contributed by atoms with Crippen molar-refractivity contribution in [1.82, 2.24) is 0 Å². The molecule has 0 saturated heterocycles. The number of benzene rings is 1. The second-order valence-corrected chi connectivity index (χ2v) is 4.77. The van der Waals surface area contributed by atoms with Crippen molar-refractivity contribution in [3.63, 3.8) is 0 Å². The molecule has 2 atom stereocenters. The molecule has 0 bridgehead atoms. The van der Waals surface area contributed by atoms with Crippen LogP contribution in [0.15, 0.2) is 18.2 Å². The van der Waals surface area contributed by atoms with E-state index in [0.717, 1.165) is 18.4 Å². The first-order valence-corrected chi connectivity index (χ1v) is 5.81. The molecule has 1 aliphatic carbocycles. The Labute approximate surface area is 95.4 Å². The Bertz CT molecular complexity index is 398. The first kappa shape index (κ1) is 10.7. The maximum atomic E-state index is 12.1. The molecule has 1 aromatic rings. The average Bonchev–Trinajstić information content (AvgIpc) is 3.00. The lowest BCUT2D eigenvalue weighted by molar-refractivity contribution is 0.0961. The summed E-state index contributed by atoms with van der Waals surface area (Å²) in [5.74, 6) is 1.05. The van der Waals surface area contributed by atoms with E-state index in [9.17, 15) is 4.79 Å². The predicted octanol–water partition coefficient (Wildman–Crippen LogP) is 3.88. The Morgan fingerprint density at radius 2 is 2.27 bits per heavy atom. The van der Waals surface area contributed by atoms with Gasteiger partial charge in [-0.3, -0.25) is 4.79 Å². The molecule has 1 aromatic carbocycles. The van der Waals surface area contributed by atoms with Crippen molar-refractivity contribution in [1.29, 1.82) is 0 Å². The molecule has 0 radical (unpaired) electrons. The molecule has 0 aromatic heterocycles. The summed E-state index contributed by atoms with van der Waals surface area (Å²) in [6, 6.07) is 5.65. The van der Waals surface area contributed by atoms with Crippen molar-refractivity contribution < 1.29 is 4.79 Å². The van der Waals surface area contributed by atoms with Crippen LogP contribution in [0, 0.1) is 18.8 Å². The van der Waals surface area contributed by atoms with E-state index >= 15 is 0 Å². The van der Waals surface area contributed by atoms with Gasteiger partial charge in [0.05, 0.1) is 5.02 Å². The van der Waals surface area contributed by atoms with Gasteiger partial charge in [-0.1, -0.05) is 36.6 Å². The minimum atomic E-state index is 0.231. The molecule has 0 heterocycles. The number of ketones is 1. The first-order chi connectivity index (χ1) is 7.13. The van der Waals surface area contributed by atoms with Gasteiger partial charge in [0.15, 0.2) is 5.78 Å². The summed E-state index contributed by atoms with van der Waals surface area (Å²) >= 11 is 6.03. The van der Waals surface area contributed by atoms with Gasteiger partial charge in [-0.2, -0.15) is 0 Å². The van der Waals surface area contributed by atoms with Crippen LogP contribution in [-0.4, -0.2) is 5.78 Å². The van der Waals surface area contributed by atoms with Crippen LogP contribution in [0.1, 0.15) is 35.7 Å². The van der Waals surface area contributed by atoms with Crippen LogP contribution in [0.25, 0.3) is 0 Å². The van der Waals surface area contributed by atoms with Crippen molar-refractivity contribution >= 4 is 17.4 Å². The molecule has 0 N–H and O–H groups in total. The van der Waals surface area contributed by atoms with E-state index in [1.54, 1.807) is 0 Å². The number of Topliss-reactive ketones (excluding diaryl/α,β-unsaturated/α-hetero) is 1. The molecule has 0 aliphatic heterocycles. The fourth-order valence-electron chi connectivity index (χ4n) is 2.05. The molecule has 1 aliphatic rings. The smallest absolute Gasteiger partial charge is 0.167 e. The number of rotatable bonds is 3. The quantitative estimate of drug-likeness (QED) is 0.710. The second-order valence-electron chi connectivity index (χ2n) is 4.36. The Morgan fingerprint density at radius 3 is 2.87 bits per heavy atom. The highest BCUT2D eigenvalue weighted by Gasteiger charge is 2.41. The van der Waals surface area contributed by atoms with Gasteiger partial charge >= 0.3 is 0 Å².